The van der Waals surface area contributed by atoms with Gasteiger partial charge in [-0.2, -0.15) is 9.78 Å². The Hall–Kier alpha value is -3.55. The van der Waals surface area contributed by atoms with Crippen molar-refractivity contribution < 1.29 is 23.9 Å². The molecule has 138 valence electrons. The van der Waals surface area contributed by atoms with Gasteiger partial charge in [-0.25, -0.2) is 4.39 Å². The number of benzene rings is 2. The molecule has 0 saturated heterocycles. The highest BCUT2D eigenvalue weighted by Crippen LogP contribution is 2.29. The molecule has 0 unspecified atom stereocenters. The van der Waals surface area contributed by atoms with E-state index >= 15 is 0 Å². The minimum atomic E-state index is -1.01. The van der Waals surface area contributed by atoms with Crippen LogP contribution >= 0.6 is 0 Å². The van der Waals surface area contributed by atoms with Gasteiger partial charge in [-0.3, -0.25) is 14.4 Å². The molecule has 0 fully saturated rings. The molecule has 0 aliphatic rings. The maximum absolute atomic E-state index is 13.2. The number of fused-ring (bicyclic) bond motifs is 1. The number of nitrogens with zero attached hydrogens (tertiary/aromatic N) is 2. The predicted molar refractivity (Wildman–Crippen MR) is 96.0 cm³/mol. The highest BCUT2D eigenvalue weighted by Gasteiger charge is 2.17. The molecule has 2 N–H and O–H groups in total. The normalized spacial score (nSPS) is 10.7. The number of hydrogen-bond donors (Lipinski definition) is 2. The number of amides is 1. The van der Waals surface area contributed by atoms with E-state index in [0.717, 1.165) is 0 Å². The summed E-state index contributed by atoms with van der Waals surface area (Å²) >= 11 is 0. The minimum Gasteiger partial charge on any atom is -0.481 e. The molecule has 0 aliphatic carbocycles. The Morgan fingerprint density at radius 2 is 1.85 bits per heavy atom. The van der Waals surface area contributed by atoms with E-state index in [1.165, 1.54) is 29.8 Å². The summed E-state index contributed by atoms with van der Waals surface area (Å²) in [6.45, 7) is 1.37. The first-order valence-corrected chi connectivity index (χ1v) is 8.16. The van der Waals surface area contributed by atoms with Crippen molar-refractivity contribution in [2.45, 2.75) is 13.3 Å². The van der Waals surface area contributed by atoms with Gasteiger partial charge < -0.3 is 10.4 Å². The van der Waals surface area contributed by atoms with Crippen molar-refractivity contribution in [3.8, 4) is 11.3 Å². The molecule has 3 rings (SSSR count). The average molecular weight is 369 g/mol. The van der Waals surface area contributed by atoms with Gasteiger partial charge in [-0.15, -0.1) is 0 Å². The summed E-state index contributed by atoms with van der Waals surface area (Å²) in [4.78, 5) is 34.7. The maximum Gasteiger partial charge on any atom is 0.305 e. The zero-order valence-electron chi connectivity index (χ0n) is 14.4. The highest BCUT2D eigenvalue weighted by molar-refractivity contribution is 6.04. The number of carbonyl (C=O) groups is 3. The van der Waals surface area contributed by atoms with Crippen LogP contribution in [0.25, 0.3) is 22.2 Å². The largest absolute Gasteiger partial charge is 0.481 e. The van der Waals surface area contributed by atoms with Gasteiger partial charge in [0.1, 0.15) is 11.5 Å². The van der Waals surface area contributed by atoms with Crippen molar-refractivity contribution in [3.63, 3.8) is 0 Å². The van der Waals surface area contributed by atoms with Crippen molar-refractivity contribution in [3.05, 3.63) is 53.8 Å². The Morgan fingerprint density at radius 3 is 2.48 bits per heavy atom. The average Bonchev–Trinajstić information content (AvgIpc) is 3.01. The first kappa shape index (κ1) is 18.2. The van der Waals surface area contributed by atoms with Gasteiger partial charge in [0.25, 0.3) is 5.91 Å². The van der Waals surface area contributed by atoms with Gasteiger partial charge in [-0.1, -0.05) is 0 Å². The summed E-state index contributed by atoms with van der Waals surface area (Å²) in [5.41, 5.74) is 1.87. The monoisotopic (exact) mass is 369 g/mol. The summed E-state index contributed by atoms with van der Waals surface area (Å²) in [5, 5.41) is 16.0. The van der Waals surface area contributed by atoms with Crippen molar-refractivity contribution in [1.82, 2.24) is 15.1 Å². The molecule has 0 bridgehead atoms. The minimum absolute atomic E-state index is 0.00370. The number of hydrogen-bond acceptors (Lipinski definition) is 4. The summed E-state index contributed by atoms with van der Waals surface area (Å²) in [7, 11) is 0. The van der Waals surface area contributed by atoms with E-state index < -0.39 is 17.7 Å². The number of aromatic nitrogens is 2. The van der Waals surface area contributed by atoms with Gasteiger partial charge in [0, 0.05) is 30.0 Å². The Balaban J connectivity index is 2.04. The maximum atomic E-state index is 13.2. The van der Waals surface area contributed by atoms with Crippen LogP contribution in [0, 0.1) is 5.82 Å². The van der Waals surface area contributed by atoms with E-state index in [-0.39, 0.29) is 18.9 Å². The standard InChI is InChI=1S/C19H16FN3O4/c1-11(24)23-16-7-4-13(19(27)21-9-8-17(25)26)10-15(16)18(22-23)12-2-5-14(20)6-3-12/h2-7,10H,8-9H2,1H3,(H,21,27)(H,25,26). The van der Waals surface area contributed by atoms with Crippen LogP contribution in [0.1, 0.15) is 28.5 Å². The molecular formula is C19H16FN3O4. The molecule has 7 nitrogen and oxygen atoms in total. The molecule has 1 heterocycles. The molecule has 0 atom stereocenters. The van der Waals surface area contributed by atoms with Crippen LogP contribution in [0.15, 0.2) is 42.5 Å². The topological polar surface area (TPSA) is 101 Å². The lowest BCUT2D eigenvalue weighted by molar-refractivity contribution is -0.136. The molecule has 3 aromatic rings. The van der Waals surface area contributed by atoms with Gasteiger partial charge in [0.05, 0.1) is 11.9 Å². The van der Waals surface area contributed by atoms with Crippen molar-refractivity contribution in [2.24, 2.45) is 0 Å². The van der Waals surface area contributed by atoms with E-state index in [0.29, 0.717) is 27.7 Å². The molecule has 27 heavy (non-hydrogen) atoms. The quantitative estimate of drug-likeness (QED) is 0.720. The lowest BCUT2D eigenvalue weighted by Crippen LogP contribution is -2.25. The van der Waals surface area contributed by atoms with Crippen LogP contribution in [0.2, 0.25) is 0 Å². The van der Waals surface area contributed by atoms with Crippen LogP contribution in [0.5, 0.6) is 0 Å². The second kappa shape index (κ2) is 7.36. The first-order valence-electron chi connectivity index (χ1n) is 8.16. The molecule has 0 radical (unpaired) electrons. The molecule has 0 saturated carbocycles. The first-order chi connectivity index (χ1) is 12.9. The number of carboxylic acid groups (broad SMARTS) is 1. The van der Waals surface area contributed by atoms with Crippen molar-refractivity contribution in [2.75, 3.05) is 6.54 Å². The van der Waals surface area contributed by atoms with E-state index in [4.69, 9.17) is 5.11 Å². The number of carbonyl (C=O) groups excluding carboxylic acids is 2. The lowest BCUT2D eigenvalue weighted by Gasteiger charge is -2.05. The van der Waals surface area contributed by atoms with Gasteiger partial charge in [-0.05, 0) is 42.5 Å². The third-order valence-corrected chi connectivity index (χ3v) is 3.98. The second-order valence-electron chi connectivity index (χ2n) is 5.92. The zero-order valence-corrected chi connectivity index (χ0v) is 14.4. The van der Waals surface area contributed by atoms with E-state index in [9.17, 15) is 18.8 Å². The number of halogens is 1. The van der Waals surface area contributed by atoms with Crippen LogP contribution in [-0.4, -0.2) is 39.2 Å². The number of rotatable bonds is 5. The van der Waals surface area contributed by atoms with E-state index in [2.05, 4.69) is 10.4 Å². The van der Waals surface area contributed by atoms with Crippen molar-refractivity contribution >= 4 is 28.7 Å². The van der Waals surface area contributed by atoms with E-state index in [1.54, 1.807) is 24.3 Å². The molecule has 1 amide bonds. The van der Waals surface area contributed by atoms with Crippen LogP contribution in [0.3, 0.4) is 0 Å². The number of aliphatic carboxylic acids is 1. The van der Waals surface area contributed by atoms with Crippen LogP contribution in [0.4, 0.5) is 4.39 Å². The van der Waals surface area contributed by atoms with Crippen molar-refractivity contribution in [1.29, 1.82) is 0 Å². The Bertz CT molecular complexity index is 1040. The smallest absolute Gasteiger partial charge is 0.305 e. The fourth-order valence-corrected chi connectivity index (χ4v) is 2.71. The summed E-state index contributed by atoms with van der Waals surface area (Å²) in [5.74, 6) is -2.13. The predicted octanol–water partition coefficient (Wildman–Crippen LogP) is 2.71. The van der Waals surface area contributed by atoms with Gasteiger partial charge >= 0.3 is 5.97 Å². The van der Waals surface area contributed by atoms with E-state index in [1.807, 2.05) is 0 Å². The fraction of sp³-hybridized carbons (Fsp3) is 0.158. The highest BCUT2D eigenvalue weighted by atomic mass is 19.1. The molecule has 0 aliphatic heterocycles. The Morgan fingerprint density at radius 1 is 1.15 bits per heavy atom. The third-order valence-electron chi connectivity index (χ3n) is 3.98. The Labute approximate surface area is 153 Å². The Kier molecular flexibility index (Phi) is 4.98. The third kappa shape index (κ3) is 3.84. The molecular weight excluding hydrogens is 353 g/mol. The summed E-state index contributed by atoms with van der Waals surface area (Å²) in [6.07, 6.45) is -0.183. The number of nitrogens with one attached hydrogen (secondary N) is 1. The zero-order chi connectivity index (χ0) is 19.6. The fourth-order valence-electron chi connectivity index (χ4n) is 2.71. The van der Waals surface area contributed by atoms with Gasteiger partial charge in [0.15, 0.2) is 0 Å². The van der Waals surface area contributed by atoms with Gasteiger partial charge in [0.2, 0.25) is 5.91 Å². The van der Waals surface area contributed by atoms with Crippen LogP contribution < -0.4 is 5.32 Å². The molecule has 0 spiro atoms. The lowest BCUT2D eigenvalue weighted by atomic mass is 10.1. The number of carboxylic acids is 1. The SMILES string of the molecule is CC(=O)n1nc(-c2ccc(F)cc2)c2cc(C(=O)NCCC(=O)O)ccc21. The molecule has 1 aromatic heterocycles. The van der Waals surface area contributed by atoms with Crippen LogP contribution in [-0.2, 0) is 4.79 Å². The summed E-state index contributed by atoms with van der Waals surface area (Å²) < 4.78 is 14.4. The molecule has 2 aromatic carbocycles. The molecule has 8 heteroatoms. The second-order valence-corrected chi connectivity index (χ2v) is 5.92. The summed E-state index contributed by atoms with van der Waals surface area (Å²) in [6, 6.07) is 10.4.